The third-order valence-electron chi connectivity index (χ3n) is 3.72. The van der Waals surface area contributed by atoms with Crippen LogP contribution in [0.25, 0.3) is 0 Å². The summed E-state index contributed by atoms with van der Waals surface area (Å²) in [7, 11) is 0. The third kappa shape index (κ3) is 4.17. The molecule has 0 bridgehead atoms. The Balaban J connectivity index is 2.24. The van der Waals surface area contributed by atoms with E-state index in [1.807, 2.05) is 13.0 Å². The number of rotatable bonds is 8. The molecule has 1 saturated carbocycles. The van der Waals surface area contributed by atoms with Crippen molar-refractivity contribution in [3.8, 4) is 0 Å². The van der Waals surface area contributed by atoms with Crippen LogP contribution in [0.15, 0.2) is 18.2 Å². The number of hydrogen-bond donors (Lipinski definition) is 1. The predicted molar refractivity (Wildman–Crippen MR) is 85.5 cm³/mol. The number of anilines is 1. The summed E-state index contributed by atoms with van der Waals surface area (Å²) in [6.45, 7) is 8.91. The molecule has 0 aliphatic heterocycles. The second-order valence-corrected chi connectivity index (χ2v) is 6.15. The minimum absolute atomic E-state index is 0.176. The largest absolute Gasteiger partial charge is 0.380 e. The summed E-state index contributed by atoms with van der Waals surface area (Å²) in [4.78, 5) is 13.4. The average molecular weight is 291 g/mol. The molecule has 0 amide bonds. The highest BCUT2D eigenvalue weighted by Gasteiger charge is 2.30. The lowest BCUT2D eigenvalue weighted by molar-refractivity contribution is -0.384. The number of nitrogens with zero attached hydrogens (tertiary/aromatic N) is 2. The lowest BCUT2D eigenvalue weighted by atomic mass is 10.1. The Morgan fingerprint density at radius 2 is 2.14 bits per heavy atom. The zero-order valence-corrected chi connectivity index (χ0v) is 13.1. The fraction of sp³-hybridized carbons (Fsp3) is 0.625. The molecule has 1 N–H and O–H groups in total. The normalized spacial score (nSPS) is 14.7. The molecule has 116 valence electrons. The van der Waals surface area contributed by atoms with Gasteiger partial charge in [0.1, 0.15) is 5.69 Å². The Kier molecular flexibility index (Phi) is 5.17. The van der Waals surface area contributed by atoms with Gasteiger partial charge in [0.15, 0.2) is 0 Å². The molecule has 2 rings (SSSR count). The Morgan fingerprint density at radius 1 is 1.43 bits per heavy atom. The molecule has 1 fully saturated rings. The third-order valence-corrected chi connectivity index (χ3v) is 3.72. The van der Waals surface area contributed by atoms with E-state index in [0.717, 1.165) is 18.7 Å². The van der Waals surface area contributed by atoms with Gasteiger partial charge in [-0.3, -0.25) is 15.0 Å². The molecule has 1 aromatic carbocycles. The Hall–Kier alpha value is -1.62. The van der Waals surface area contributed by atoms with Crippen LogP contribution in [-0.4, -0.2) is 29.0 Å². The van der Waals surface area contributed by atoms with Crippen molar-refractivity contribution in [3.63, 3.8) is 0 Å². The van der Waals surface area contributed by atoms with E-state index in [2.05, 4.69) is 24.1 Å². The highest BCUT2D eigenvalue weighted by atomic mass is 16.6. The van der Waals surface area contributed by atoms with Crippen molar-refractivity contribution in [1.82, 2.24) is 4.90 Å². The summed E-state index contributed by atoms with van der Waals surface area (Å²) >= 11 is 0. The summed E-state index contributed by atoms with van der Waals surface area (Å²) < 4.78 is 0. The summed E-state index contributed by atoms with van der Waals surface area (Å²) in [5.41, 5.74) is 1.88. The van der Waals surface area contributed by atoms with Crippen molar-refractivity contribution in [2.75, 3.05) is 18.4 Å². The van der Waals surface area contributed by atoms with Crippen molar-refractivity contribution in [2.24, 2.45) is 5.92 Å². The van der Waals surface area contributed by atoms with E-state index in [-0.39, 0.29) is 10.6 Å². The molecule has 0 atom stereocenters. The molecule has 0 radical (unpaired) electrons. The van der Waals surface area contributed by atoms with E-state index in [9.17, 15) is 10.1 Å². The molecule has 0 aromatic heterocycles. The van der Waals surface area contributed by atoms with E-state index in [4.69, 9.17) is 0 Å². The number of nitrogens with one attached hydrogen (secondary N) is 1. The van der Waals surface area contributed by atoms with Gasteiger partial charge < -0.3 is 5.32 Å². The molecule has 1 aliphatic carbocycles. The van der Waals surface area contributed by atoms with Crippen LogP contribution < -0.4 is 5.32 Å². The Bertz CT molecular complexity index is 498. The lowest BCUT2D eigenvalue weighted by Gasteiger charge is -2.25. The lowest BCUT2D eigenvalue weighted by Crippen LogP contribution is -2.30. The van der Waals surface area contributed by atoms with Gasteiger partial charge in [-0.05, 0) is 31.2 Å². The standard InChI is InChI=1S/C16H25N3O2/c1-4-17-16-13(6-5-7-15(16)19(20)21)11-18(10-12(2)3)14-8-9-14/h5-7,12,14,17H,4,8-11H2,1-3H3. The zero-order chi connectivity index (χ0) is 15.4. The van der Waals surface area contributed by atoms with E-state index in [1.54, 1.807) is 12.1 Å². The number of nitro groups is 1. The van der Waals surface area contributed by atoms with Crippen molar-refractivity contribution < 1.29 is 4.92 Å². The number of nitro benzene ring substituents is 1. The highest BCUT2D eigenvalue weighted by Crippen LogP contribution is 2.33. The molecule has 1 aliphatic rings. The first-order valence-electron chi connectivity index (χ1n) is 7.77. The first-order chi connectivity index (χ1) is 10.0. The molecule has 0 saturated heterocycles. The zero-order valence-electron chi connectivity index (χ0n) is 13.1. The summed E-state index contributed by atoms with van der Waals surface area (Å²) in [5, 5.41) is 14.4. The number of benzene rings is 1. The molecule has 1 aromatic rings. The molecule has 21 heavy (non-hydrogen) atoms. The van der Waals surface area contributed by atoms with E-state index < -0.39 is 0 Å². The molecule has 5 nitrogen and oxygen atoms in total. The van der Waals surface area contributed by atoms with Crippen LogP contribution >= 0.6 is 0 Å². The second kappa shape index (κ2) is 6.89. The first kappa shape index (κ1) is 15.8. The van der Waals surface area contributed by atoms with Gasteiger partial charge in [-0.15, -0.1) is 0 Å². The Morgan fingerprint density at radius 3 is 2.67 bits per heavy atom. The topological polar surface area (TPSA) is 58.4 Å². The van der Waals surface area contributed by atoms with Crippen molar-refractivity contribution in [1.29, 1.82) is 0 Å². The smallest absolute Gasteiger partial charge is 0.292 e. The molecular weight excluding hydrogens is 266 g/mol. The predicted octanol–water partition coefficient (Wildman–Crippen LogP) is 3.65. The van der Waals surface area contributed by atoms with Crippen LogP contribution in [0.4, 0.5) is 11.4 Å². The van der Waals surface area contributed by atoms with Crippen LogP contribution in [0.1, 0.15) is 39.2 Å². The van der Waals surface area contributed by atoms with Crippen molar-refractivity contribution in [3.05, 3.63) is 33.9 Å². The van der Waals surface area contributed by atoms with Gasteiger partial charge in [0, 0.05) is 31.7 Å². The monoisotopic (exact) mass is 291 g/mol. The van der Waals surface area contributed by atoms with Crippen molar-refractivity contribution in [2.45, 2.75) is 46.2 Å². The van der Waals surface area contributed by atoms with Gasteiger partial charge in [-0.25, -0.2) is 0 Å². The maximum Gasteiger partial charge on any atom is 0.292 e. The SMILES string of the molecule is CCNc1c(CN(CC(C)C)C2CC2)cccc1[N+](=O)[O-]. The molecule has 0 unspecified atom stereocenters. The number of para-hydroxylation sites is 1. The quantitative estimate of drug-likeness (QED) is 0.586. The highest BCUT2D eigenvalue weighted by molar-refractivity contribution is 5.66. The second-order valence-electron chi connectivity index (χ2n) is 6.15. The summed E-state index contributed by atoms with van der Waals surface area (Å²) in [6.07, 6.45) is 2.50. The van der Waals surface area contributed by atoms with Crippen molar-refractivity contribution >= 4 is 11.4 Å². The van der Waals surface area contributed by atoms with Gasteiger partial charge in [-0.1, -0.05) is 26.0 Å². The summed E-state index contributed by atoms with van der Waals surface area (Å²) in [5.74, 6) is 0.604. The van der Waals surface area contributed by atoms with Crippen LogP contribution in [0.2, 0.25) is 0 Å². The van der Waals surface area contributed by atoms with Crippen LogP contribution in [0, 0.1) is 16.0 Å². The minimum atomic E-state index is -0.300. The van der Waals surface area contributed by atoms with Gasteiger partial charge in [0.05, 0.1) is 4.92 Å². The van der Waals surface area contributed by atoms with Gasteiger partial charge in [0.25, 0.3) is 5.69 Å². The Labute approximate surface area is 126 Å². The first-order valence-corrected chi connectivity index (χ1v) is 7.77. The number of hydrogen-bond acceptors (Lipinski definition) is 4. The molecular formula is C16H25N3O2. The van der Waals surface area contributed by atoms with E-state index in [0.29, 0.717) is 24.2 Å². The minimum Gasteiger partial charge on any atom is -0.380 e. The fourth-order valence-corrected chi connectivity index (χ4v) is 2.72. The fourth-order valence-electron chi connectivity index (χ4n) is 2.72. The maximum atomic E-state index is 11.2. The molecule has 0 heterocycles. The van der Waals surface area contributed by atoms with E-state index >= 15 is 0 Å². The van der Waals surface area contributed by atoms with Gasteiger partial charge >= 0.3 is 0 Å². The molecule has 5 heteroatoms. The average Bonchev–Trinajstić information content (AvgIpc) is 3.23. The van der Waals surface area contributed by atoms with Gasteiger partial charge in [-0.2, -0.15) is 0 Å². The molecule has 0 spiro atoms. The van der Waals surface area contributed by atoms with E-state index in [1.165, 1.54) is 12.8 Å². The summed E-state index contributed by atoms with van der Waals surface area (Å²) in [6, 6.07) is 6.02. The maximum absolute atomic E-state index is 11.2. The van der Waals surface area contributed by atoms with Crippen LogP contribution in [-0.2, 0) is 6.54 Å². The van der Waals surface area contributed by atoms with Gasteiger partial charge in [0.2, 0.25) is 0 Å². The van der Waals surface area contributed by atoms with Crippen LogP contribution in [0.3, 0.4) is 0 Å². The van der Waals surface area contributed by atoms with Crippen LogP contribution in [0.5, 0.6) is 0 Å².